The van der Waals surface area contributed by atoms with E-state index in [1.54, 1.807) is 28.8 Å². The summed E-state index contributed by atoms with van der Waals surface area (Å²) in [6.45, 7) is 4.02. The van der Waals surface area contributed by atoms with Gasteiger partial charge in [0.1, 0.15) is 5.82 Å². The molecule has 0 aliphatic heterocycles. The van der Waals surface area contributed by atoms with Crippen LogP contribution in [-0.4, -0.2) is 42.0 Å². The summed E-state index contributed by atoms with van der Waals surface area (Å²) in [5.41, 5.74) is 0.590. The zero-order valence-corrected chi connectivity index (χ0v) is 14.8. The van der Waals surface area contributed by atoms with Gasteiger partial charge in [0.25, 0.3) is 10.0 Å². The van der Waals surface area contributed by atoms with Crippen molar-refractivity contribution in [3.8, 4) is 0 Å². The molecular formula is C14H22N6O2S. The predicted octanol–water partition coefficient (Wildman–Crippen LogP) is 0.878. The van der Waals surface area contributed by atoms with E-state index < -0.39 is 10.0 Å². The number of imidazole rings is 1. The average Bonchev–Trinajstić information content (AvgIpc) is 2.88. The molecule has 8 nitrogen and oxygen atoms in total. The van der Waals surface area contributed by atoms with Crippen molar-refractivity contribution in [3.63, 3.8) is 0 Å². The summed E-state index contributed by atoms with van der Waals surface area (Å²) >= 11 is 0. The lowest BCUT2D eigenvalue weighted by Crippen LogP contribution is -2.24. The number of hydrogen-bond acceptors (Lipinski definition) is 6. The minimum Gasteiger partial charge on any atom is -0.347 e. The smallest absolute Gasteiger partial charge is 0.259 e. The van der Waals surface area contributed by atoms with Gasteiger partial charge in [-0.3, -0.25) is 0 Å². The zero-order chi connectivity index (χ0) is 17.2. The molecule has 126 valence electrons. The standard InChI is InChI=1S/C14H22N6O2S/c1-10(2)13-18-12(9-20(13)5)23(21,22)16-8-11-6-7-15-14(17-11)19(3)4/h6-7,9-10,16H,8H2,1-5H3. The fraction of sp³-hybridized carbons (Fsp3) is 0.500. The summed E-state index contributed by atoms with van der Waals surface area (Å²) in [4.78, 5) is 14.3. The third-order valence-corrected chi connectivity index (χ3v) is 4.50. The summed E-state index contributed by atoms with van der Waals surface area (Å²) in [6, 6.07) is 1.67. The molecule has 1 N–H and O–H groups in total. The largest absolute Gasteiger partial charge is 0.347 e. The van der Waals surface area contributed by atoms with Crippen molar-refractivity contribution in [2.75, 3.05) is 19.0 Å². The maximum Gasteiger partial charge on any atom is 0.259 e. The summed E-state index contributed by atoms with van der Waals surface area (Å²) in [7, 11) is 1.75. The number of anilines is 1. The Morgan fingerprint density at radius 1 is 1.30 bits per heavy atom. The van der Waals surface area contributed by atoms with E-state index in [0.717, 1.165) is 5.82 Å². The molecule has 0 saturated heterocycles. The van der Waals surface area contributed by atoms with Crippen LogP contribution >= 0.6 is 0 Å². The summed E-state index contributed by atoms with van der Waals surface area (Å²) in [6.07, 6.45) is 3.12. The van der Waals surface area contributed by atoms with Gasteiger partial charge in [-0.25, -0.2) is 28.1 Å². The Hall–Kier alpha value is -2.00. The van der Waals surface area contributed by atoms with Crippen LogP contribution in [0.5, 0.6) is 0 Å². The van der Waals surface area contributed by atoms with Crippen LogP contribution in [0.15, 0.2) is 23.5 Å². The van der Waals surface area contributed by atoms with Gasteiger partial charge < -0.3 is 9.47 Å². The normalized spacial score (nSPS) is 11.9. The molecule has 2 aromatic heterocycles. The molecule has 23 heavy (non-hydrogen) atoms. The first-order chi connectivity index (χ1) is 10.7. The highest BCUT2D eigenvalue weighted by Crippen LogP contribution is 2.16. The van der Waals surface area contributed by atoms with Gasteiger partial charge in [-0.15, -0.1) is 0 Å². The van der Waals surface area contributed by atoms with Crippen molar-refractivity contribution in [1.82, 2.24) is 24.2 Å². The number of nitrogens with zero attached hydrogens (tertiary/aromatic N) is 5. The Balaban J connectivity index is 2.16. The first-order valence-electron chi connectivity index (χ1n) is 7.23. The van der Waals surface area contributed by atoms with E-state index in [4.69, 9.17) is 0 Å². The minimum atomic E-state index is -3.68. The van der Waals surface area contributed by atoms with Crippen LogP contribution < -0.4 is 9.62 Å². The minimum absolute atomic E-state index is 0.0191. The van der Waals surface area contributed by atoms with Gasteiger partial charge in [-0.1, -0.05) is 13.8 Å². The highest BCUT2D eigenvalue weighted by atomic mass is 32.2. The van der Waals surface area contributed by atoms with Gasteiger partial charge in [-0.2, -0.15) is 0 Å². The van der Waals surface area contributed by atoms with Crippen molar-refractivity contribution in [3.05, 3.63) is 30.0 Å². The van der Waals surface area contributed by atoms with Crippen LogP contribution in [0.25, 0.3) is 0 Å². The second-order valence-corrected chi connectivity index (χ2v) is 7.48. The Morgan fingerprint density at radius 3 is 2.57 bits per heavy atom. The lowest BCUT2D eigenvalue weighted by Gasteiger charge is -2.10. The van der Waals surface area contributed by atoms with Gasteiger partial charge in [0.05, 0.1) is 12.2 Å². The van der Waals surface area contributed by atoms with Crippen molar-refractivity contribution in [2.45, 2.75) is 31.3 Å². The molecule has 0 aromatic carbocycles. The van der Waals surface area contributed by atoms with Gasteiger partial charge in [0.2, 0.25) is 5.95 Å². The molecule has 9 heteroatoms. The van der Waals surface area contributed by atoms with Crippen molar-refractivity contribution < 1.29 is 8.42 Å². The molecule has 2 heterocycles. The van der Waals surface area contributed by atoms with E-state index >= 15 is 0 Å². The zero-order valence-electron chi connectivity index (χ0n) is 14.0. The van der Waals surface area contributed by atoms with Gasteiger partial charge in [0.15, 0.2) is 5.03 Å². The Bertz CT molecular complexity index is 782. The van der Waals surface area contributed by atoms with E-state index in [-0.39, 0.29) is 17.5 Å². The lowest BCUT2D eigenvalue weighted by atomic mass is 10.2. The molecule has 2 rings (SSSR count). The van der Waals surface area contributed by atoms with E-state index in [1.807, 2.05) is 27.9 Å². The lowest BCUT2D eigenvalue weighted by molar-refractivity contribution is 0.576. The Kier molecular flexibility index (Phi) is 5.00. The maximum absolute atomic E-state index is 12.4. The third kappa shape index (κ3) is 4.05. The molecule has 0 amide bonds. The second kappa shape index (κ2) is 6.63. The van der Waals surface area contributed by atoms with E-state index in [2.05, 4.69) is 19.7 Å². The molecule has 2 aromatic rings. The molecule has 0 aliphatic rings. The van der Waals surface area contributed by atoms with Crippen molar-refractivity contribution in [1.29, 1.82) is 0 Å². The first-order valence-corrected chi connectivity index (χ1v) is 8.71. The number of nitrogens with one attached hydrogen (secondary N) is 1. The Labute approximate surface area is 136 Å². The van der Waals surface area contributed by atoms with Crippen LogP contribution in [-0.2, 0) is 23.6 Å². The van der Waals surface area contributed by atoms with Crippen LogP contribution in [0.1, 0.15) is 31.3 Å². The van der Waals surface area contributed by atoms with Crippen LogP contribution in [0.4, 0.5) is 5.95 Å². The Morgan fingerprint density at radius 2 is 2.00 bits per heavy atom. The first kappa shape index (κ1) is 17.4. The number of rotatable bonds is 6. The SMILES string of the molecule is CC(C)c1nc(S(=O)(=O)NCc2ccnc(N(C)C)n2)cn1C. The van der Waals surface area contributed by atoms with Gasteiger partial charge in [-0.05, 0) is 6.07 Å². The van der Waals surface area contributed by atoms with Crippen LogP contribution in [0.3, 0.4) is 0 Å². The third-order valence-electron chi connectivity index (χ3n) is 3.23. The summed E-state index contributed by atoms with van der Waals surface area (Å²) < 4.78 is 29.0. The average molecular weight is 338 g/mol. The fourth-order valence-electron chi connectivity index (χ4n) is 2.06. The molecule has 0 fully saturated rings. The quantitative estimate of drug-likeness (QED) is 0.840. The summed E-state index contributed by atoms with van der Waals surface area (Å²) in [5.74, 6) is 1.40. The molecule has 0 bridgehead atoms. The van der Waals surface area contributed by atoms with E-state index in [1.165, 1.54) is 6.20 Å². The van der Waals surface area contributed by atoms with E-state index in [0.29, 0.717) is 11.6 Å². The number of sulfonamides is 1. The highest BCUT2D eigenvalue weighted by molar-refractivity contribution is 7.89. The molecule has 0 atom stereocenters. The maximum atomic E-state index is 12.4. The monoisotopic (exact) mass is 338 g/mol. The fourth-order valence-corrected chi connectivity index (χ4v) is 3.06. The van der Waals surface area contributed by atoms with E-state index in [9.17, 15) is 8.42 Å². The van der Waals surface area contributed by atoms with Crippen molar-refractivity contribution in [2.24, 2.45) is 7.05 Å². The number of aryl methyl sites for hydroxylation is 1. The molecule has 0 aliphatic carbocycles. The second-order valence-electron chi connectivity index (χ2n) is 5.77. The predicted molar refractivity (Wildman–Crippen MR) is 87.7 cm³/mol. The van der Waals surface area contributed by atoms with Crippen LogP contribution in [0.2, 0.25) is 0 Å². The molecule has 0 saturated carbocycles. The highest BCUT2D eigenvalue weighted by Gasteiger charge is 2.20. The molecular weight excluding hydrogens is 316 g/mol. The number of hydrogen-bond donors (Lipinski definition) is 1. The molecule has 0 radical (unpaired) electrons. The van der Waals surface area contributed by atoms with Crippen molar-refractivity contribution >= 4 is 16.0 Å². The number of aromatic nitrogens is 4. The van der Waals surface area contributed by atoms with Crippen LogP contribution in [0, 0.1) is 0 Å². The molecule has 0 spiro atoms. The van der Waals surface area contributed by atoms with Gasteiger partial charge in [0, 0.05) is 39.5 Å². The molecule has 0 unspecified atom stereocenters. The van der Waals surface area contributed by atoms with Gasteiger partial charge >= 0.3 is 0 Å². The topological polar surface area (TPSA) is 93.0 Å². The summed E-state index contributed by atoms with van der Waals surface area (Å²) in [5, 5.41) is 0.0191.